The van der Waals surface area contributed by atoms with Crippen molar-refractivity contribution in [2.75, 3.05) is 19.8 Å². The maximum absolute atomic E-state index is 6.07. The maximum Gasteiger partial charge on any atom is 0.168 e. The van der Waals surface area contributed by atoms with Crippen LogP contribution in [0.4, 0.5) is 0 Å². The second-order valence-electron chi connectivity index (χ2n) is 11.2. The SMILES string of the molecule is Cn1cc(-c2cn(COCC[Si](C)(C)C)c3ncc(CC4CCC5(CC4)OCCO5)cc23)cn1. The molecule has 0 radical (unpaired) electrons. The summed E-state index contributed by atoms with van der Waals surface area (Å²) in [5, 5.41) is 5.57. The zero-order chi connectivity index (χ0) is 23.8. The fourth-order valence-corrected chi connectivity index (χ4v) is 5.95. The molecular weight excluding hydrogens is 444 g/mol. The number of aromatic nitrogens is 4. The van der Waals surface area contributed by atoms with Crippen LogP contribution in [0.15, 0.2) is 30.9 Å². The van der Waals surface area contributed by atoms with Crippen LogP contribution in [0.25, 0.3) is 22.2 Å². The Kier molecular flexibility index (Phi) is 6.68. The number of hydrogen-bond donors (Lipinski definition) is 0. The molecule has 8 heteroatoms. The molecule has 2 fully saturated rings. The van der Waals surface area contributed by atoms with Crippen LogP contribution in [-0.2, 0) is 34.4 Å². The van der Waals surface area contributed by atoms with Gasteiger partial charge in [0.2, 0.25) is 0 Å². The van der Waals surface area contributed by atoms with E-state index in [4.69, 9.17) is 19.2 Å². The van der Waals surface area contributed by atoms with E-state index in [0.29, 0.717) is 12.6 Å². The minimum Gasteiger partial charge on any atom is -0.361 e. The first-order valence-electron chi connectivity index (χ1n) is 12.6. The van der Waals surface area contributed by atoms with Gasteiger partial charge < -0.3 is 18.8 Å². The monoisotopic (exact) mass is 482 g/mol. The highest BCUT2D eigenvalue weighted by Gasteiger charge is 2.40. The van der Waals surface area contributed by atoms with Gasteiger partial charge in [0.25, 0.3) is 0 Å². The molecule has 0 N–H and O–H groups in total. The smallest absolute Gasteiger partial charge is 0.168 e. The Balaban J connectivity index is 1.34. The van der Waals surface area contributed by atoms with E-state index in [1.165, 1.54) is 16.5 Å². The van der Waals surface area contributed by atoms with Crippen molar-refractivity contribution < 1.29 is 14.2 Å². The molecular formula is C26H38N4O3Si. The van der Waals surface area contributed by atoms with Gasteiger partial charge in [-0.1, -0.05) is 19.6 Å². The Labute approximate surface area is 203 Å². The number of ether oxygens (including phenoxy) is 3. The normalized spacial score (nSPS) is 18.9. The minimum atomic E-state index is -1.11. The summed E-state index contributed by atoms with van der Waals surface area (Å²) < 4.78 is 21.9. The van der Waals surface area contributed by atoms with Crippen LogP contribution < -0.4 is 0 Å². The topological polar surface area (TPSA) is 63.3 Å². The van der Waals surface area contributed by atoms with Crippen LogP contribution in [0.3, 0.4) is 0 Å². The highest BCUT2D eigenvalue weighted by atomic mass is 28.3. The van der Waals surface area contributed by atoms with Gasteiger partial charge in [0.1, 0.15) is 12.4 Å². The van der Waals surface area contributed by atoms with Crippen molar-refractivity contribution in [1.82, 2.24) is 19.3 Å². The van der Waals surface area contributed by atoms with Gasteiger partial charge in [-0.2, -0.15) is 5.10 Å². The highest BCUT2D eigenvalue weighted by Crippen LogP contribution is 2.40. The minimum absolute atomic E-state index is 0.293. The molecule has 7 nitrogen and oxygen atoms in total. The van der Waals surface area contributed by atoms with E-state index in [-0.39, 0.29) is 5.79 Å². The molecule has 4 heterocycles. The molecule has 34 heavy (non-hydrogen) atoms. The van der Waals surface area contributed by atoms with Gasteiger partial charge in [-0.3, -0.25) is 4.68 Å². The summed E-state index contributed by atoms with van der Waals surface area (Å²) in [6.07, 6.45) is 13.5. The molecule has 1 saturated carbocycles. The summed E-state index contributed by atoms with van der Waals surface area (Å²) in [5.74, 6) is 0.352. The maximum atomic E-state index is 6.07. The predicted octanol–water partition coefficient (Wildman–Crippen LogP) is 5.22. The van der Waals surface area contributed by atoms with E-state index >= 15 is 0 Å². The molecule has 1 aliphatic carbocycles. The second kappa shape index (κ2) is 9.57. The lowest BCUT2D eigenvalue weighted by molar-refractivity contribution is -0.182. The van der Waals surface area contributed by atoms with Crippen molar-refractivity contribution in [2.45, 2.75) is 70.3 Å². The number of fused-ring (bicyclic) bond motifs is 1. The van der Waals surface area contributed by atoms with Gasteiger partial charge in [0, 0.05) is 69.7 Å². The number of hydrogen-bond acceptors (Lipinski definition) is 5. The Hall–Kier alpha value is -2.00. The number of pyridine rings is 1. The molecule has 3 aromatic rings. The molecule has 1 spiro atoms. The molecule has 5 rings (SSSR count). The largest absolute Gasteiger partial charge is 0.361 e. The van der Waals surface area contributed by atoms with E-state index in [2.05, 4.69) is 54.0 Å². The van der Waals surface area contributed by atoms with Crippen LogP contribution in [0.2, 0.25) is 25.7 Å². The summed E-state index contributed by atoms with van der Waals surface area (Å²) in [6.45, 7) is 9.94. The number of nitrogens with zero attached hydrogens (tertiary/aromatic N) is 4. The summed E-state index contributed by atoms with van der Waals surface area (Å²) >= 11 is 0. The fourth-order valence-electron chi connectivity index (χ4n) is 5.20. The Bertz CT molecular complexity index is 1120. The third kappa shape index (κ3) is 5.30. The summed E-state index contributed by atoms with van der Waals surface area (Å²) in [5.41, 5.74) is 4.55. The van der Waals surface area contributed by atoms with Gasteiger partial charge >= 0.3 is 0 Å². The molecule has 1 aliphatic heterocycles. The second-order valence-corrected chi connectivity index (χ2v) is 16.9. The third-order valence-corrected chi connectivity index (χ3v) is 8.92. The van der Waals surface area contributed by atoms with Gasteiger partial charge in [0.05, 0.1) is 19.4 Å². The fraction of sp³-hybridized carbons (Fsp3) is 0.615. The van der Waals surface area contributed by atoms with E-state index in [0.717, 1.165) is 69.2 Å². The van der Waals surface area contributed by atoms with E-state index in [1.807, 2.05) is 17.9 Å². The molecule has 0 atom stereocenters. The molecule has 0 bridgehead atoms. The van der Waals surface area contributed by atoms with Crippen LogP contribution in [0.5, 0.6) is 0 Å². The molecule has 1 saturated heterocycles. The Morgan fingerprint density at radius 1 is 1.12 bits per heavy atom. The molecule has 3 aromatic heterocycles. The van der Waals surface area contributed by atoms with Crippen LogP contribution in [0, 0.1) is 5.92 Å². The summed E-state index contributed by atoms with van der Waals surface area (Å²) in [4.78, 5) is 4.91. The highest BCUT2D eigenvalue weighted by molar-refractivity contribution is 6.76. The van der Waals surface area contributed by atoms with Gasteiger partial charge in [-0.15, -0.1) is 0 Å². The first kappa shape index (κ1) is 23.7. The van der Waals surface area contributed by atoms with Gasteiger partial charge in [-0.05, 0) is 42.9 Å². The van der Waals surface area contributed by atoms with Crippen LogP contribution >= 0.6 is 0 Å². The van der Waals surface area contributed by atoms with Crippen molar-refractivity contribution >= 4 is 19.1 Å². The standard InChI is InChI=1S/C26H38N4O3Si/c1-29-17-22(16-28-29)24-18-30(19-31-11-12-34(2,3)4)25-23(24)14-21(15-27-25)13-20-5-7-26(8-6-20)32-9-10-33-26/h14-18,20H,5-13,19H2,1-4H3. The van der Waals surface area contributed by atoms with Crippen molar-refractivity contribution in [2.24, 2.45) is 13.0 Å². The number of rotatable bonds is 8. The van der Waals surface area contributed by atoms with Gasteiger partial charge in [-0.25, -0.2) is 4.98 Å². The molecule has 0 unspecified atom stereocenters. The molecule has 0 amide bonds. The van der Waals surface area contributed by atoms with Crippen LogP contribution in [-0.4, -0.2) is 53.0 Å². The molecule has 184 valence electrons. The Morgan fingerprint density at radius 3 is 2.56 bits per heavy atom. The predicted molar refractivity (Wildman–Crippen MR) is 136 cm³/mol. The van der Waals surface area contributed by atoms with Crippen molar-refractivity contribution in [3.8, 4) is 11.1 Å². The lowest BCUT2D eigenvalue weighted by atomic mass is 9.82. The molecule has 2 aliphatic rings. The first-order valence-corrected chi connectivity index (χ1v) is 16.3. The van der Waals surface area contributed by atoms with Crippen molar-refractivity contribution in [3.63, 3.8) is 0 Å². The average molecular weight is 483 g/mol. The van der Waals surface area contributed by atoms with E-state index < -0.39 is 8.07 Å². The summed E-state index contributed by atoms with van der Waals surface area (Å²) in [6, 6.07) is 3.49. The van der Waals surface area contributed by atoms with Crippen molar-refractivity contribution in [1.29, 1.82) is 0 Å². The Morgan fingerprint density at radius 2 is 1.88 bits per heavy atom. The molecule has 0 aromatic carbocycles. The summed E-state index contributed by atoms with van der Waals surface area (Å²) in [7, 11) is 0.848. The van der Waals surface area contributed by atoms with Gasteiger partial charge in [0.15, 0.2) is 5.79 Å². The lowest BCUT2D eigenvalue weighted by Crippen LogP contribution is -2.35. The number of aryl methyl sites for hydroxylation is 1. The first-order chi connectivity index (χ1) is 16.3. The zero-order valence-corrected chi connectivity index (χ0v) is 22.0. The van der Waals surface area contributed by atoms with E-state index in [9.17, 15) is 0 Å². The third-order valence-electron chi connectivity index (χ3n) is 7.22. The van der Waals surface area contributed by atoms with E-state index in [1.54, 1.807) is 0 Å². The average Bonchev–Trinajstić information content (AvgIpc) is 3.52. The van der Waals surface area contributed by atoms with Crippen molar-refractivity contribution in [3.05, 3.63) is 36.4 Å². The van der Waals surface area contributed by atoms with Crippen LogP contribution in [0.1, 0.15) is 31.2 Å². The zero-order valence-electron chi connectivity index (χ0n) is 21.0. The quantitative estimate of drug-likeness (QED) is 0.325. The lowest BCUT2D eigenvalue weighted by Gasteiger charge is -2.35.